The van der Waals surface area contributed by atoms with Crippen LogP contribution in [0.1, 0.15) is 17.0 Å². The second-order valence-corrected chi connectivity index (χ2v) is 6.82. The van der Waals surface area contributed by atoms with Crippen molar-refractivity contribution in [2.24, 2.45) is 0 Å². The molecule has 154 valence electrons. The fraction of sp³-hybridized carbons (Fsp3) is 0.130. The van der Waals surface area contributed by atoms with Crippen LogP contribution >= 0.6 is 11.6 Å². The summed E-state index contributed by atoms with van der Waals surface area (Å²) in [4.78, 5) is 24.5. The molecule has 1 atom stereocenters. The van der Waals surface area contributed by atoms with Crippen LogP contribution in [-0.2, 0) is 14.3 Å². The number of halogens is 1. The first-order valence-electron chi connectivity index (χ1n) is 9.13. The molecular formula is C23H20ClNO5. The maximum absolute atomic E-state index is 12.7. The molecule has 1 aliphatic heterocycles. The molecule has 30 heavy (non-hydrogen) atoms. The number of hydrogen-bond acceptors (Lipinski definition) is 5. The summed E-state index contributed by atoms with van der Waals surface area (Å²) in [5, 5.41) is 12.7. The highest BCUT2D eigenvalue weighted by Crippen LogP contribution is 2.37. The third-order valence-corrected chi connectivity index (χ3v) is 4.81. The second kappa shape index (κ2) is 9.80. The van der Waals surface area contributed by atoms with Gasteiger partial charge >= 0.3 is 11.9 Å². The smallest absolute Gasteiger partial charge is 0.336 e. The molecule has 3 rings (SSSR count). The zero-order valence-corrected chi connectivity index (χ0v) is 16.9. The molecule has 0 radical (unpaired) electrons. The topological polar surface area (TPSA) is 84.9 Å². The lowest BCUT2D eigenvalue weighted by atomic mass is 9.83. The van der Waals surface area contributed by atoms with Gasteiger partial charge in [-0.3, -0.25) is 0 Å². The van der Waals surface area contributed by atoms with E-state index in [0.717, 1.165) is 5.56 Å². The first-order valence-corrected chi connectivity index (χ1v) is 9.50. The molecule has 1 unspecified atom stereocenters. The lowest BCUT2D eigenvalue weighted by molar-refractivity contribution is -0.138. The zero-order valence-electron chi connectivity index (χ0n) is 16.2. The molecule has 0 aromatic heterocycles. The summed E-state index contributed by atoms with van der Waals surface area (Å²) in [6.45, 7) is 0.0489. The number of aliphatic carboxylic acids is 1. The van der Waals surface area contributed by atoms with Crippen LogP contribution in [-0.4, -0.2) is 30.8 Å². The van der Waals surface area contributed by atoms with Crippen LogP contribution in [0.3, 0.4) is 0 Å². The highest BCUT2D eigenvalue weighted by atomic mass is 35.5. The Balaban J connectivity index is 1.80. The molecule has 0 saturated carbocycles. The summed E-state index contributed by atoms with van der Waals surface area (Å²) in [6.07, 6.45) is 6.34. The Labute approximate surface area is 179 Å². The Kier molecular flexibility index (Phi) is 6.93. The fourth-order valence-electron chi connectivity index (χ4n) is 3.09. The summed E-state index contributed by atoms with van der Waals surface area (Å²) in [7, 11) is 1.49. The van der Waals surface area contributed by atoms with Gasteiger partial charge in [-0.15, -0.1) is 0 Å². The van der Waals surface area contributed by atoms with Gasteiger partial charge in [-0.2, -0.15) is 0 Å². The van der Waals surface area contributed by atoms with Crippen LogP contribution in [0, 0.1) is 0 Å². The van der Waals surface area contributed by atoms with Crippen molar-refractivity contribution in [1.82, 2.24) is 5.32 Å². The predicted molar refractivity (Wildman–Crippen MR) is 114 cm³/mol. The van der Waals surface area contributed by atoms with E-state index >= 15 is 0 Å². The van der Waals surface area contributed by atoms with E-state index in [1.54, 1.807) is 24.3 Å². The van der Waals surface area contributed by atoms with E-state index < -0.39 is 17.9 Å². The Morgan fingerprint density at radius 2 is 1.87 bits per heavy atom. The third kappa shape index (κ3) is 4.90. The number of nitrogens with one attached hydrogen (secondary N) is 1. The molecule has 2 N–H and O–H groups in total. The van der Waals surface area contributed by atoms with E-state index in [0.29, 0.717) is 16.3 Å². The van der Waals surface area contributed by atoms with Crippen molar-refractivity contribution in [3.05, 3.63) is 94.3 Å². The SMILES string of the molecule is COc1ccc(C2C(C(=O)O)=CNC=C2C(=O)OC/C=C/c2ccccc2)cc1Cl. The van der Waals surface area contributed by atoms with Gasteiger partial charge in [-0.05, 0) is 29.3 Å². The van der Waals surface area contributed by atoms with Crippen molar-refractivity contribution < 1.29 is 24.2 Å². The predicted octanol–water partition coefficient (Wildman–Crippen LogP) is 4.14. The molecule has 0 aliphatic carbocycles. The van der Waals surface area contributed by atoms with Crippen molar-refractivity contribution in [2.75, 3.05) is 13.7 Å². The second-order valence-electron chi connectivity index (χ2n) is 6.41. The van der Waals surface area contributed by atoms with Crippen LogP contribution < -0.4 is 10.1 Å². The van der Waals surface area contributed by atoms with Gasteiger partial charge in [0.05, 0.1) is 29.2 Å². The molecule has 1 aliphatic rings. The summed E-state index contributed by atoms with van der Waals surface area (Å²) >= 11 is 6.21. The number of carbonyl (C=O) groups is 2. The number of rotatable bonds is 7. The van der Waals surface area contributed by atoms with E-state index in [4.69, 9.17) is 21.1 Å². The van der Waals surface area contributed by atoms with Gasteiger partial charge in [-0.1, -0.05) is 54.1 Å². The molecule has 6 nitrogen and oxygen atoms in total. The Hall–Kier alpha value is -3.51. The number of ether oxygens (including phenoxy) is 2. The van der Waals surface area contributed by atoms with E-state index in [1.807, 2.05) is 36.4 Å². The Bertz CT molecular complexity index is 1030. The summed E-state index contributed by atoms with van der Waals surface area (Å²) in [5.74, 6) is -2.15. The zero-order chi connectivity index (χ0) is 21.5. The summed E-state index contributed by atoms with van der Waals surface area (Å²) in [6, 6.07) is 14.5. The van der Waals surface area contributed by atoms with Gasteiger partial charge in [0, 0.05) is 12.4 Å². The largest absolute Gasteiger partial charge is 0.495 e. The molecule has 0 fully saturated rings. The number of dihydropyridines is 1. The fourth-order valence-corrected chi connectivity index (χ4v) is 3.36. The number of carboxylic acids is 1. The monoisotopic (exact) mass is 425 g/mol. The molecule has 1 heterocycles. The minimum absolute atomic E-state index is 0.00510. The number of methoxy groups -OCH3 is 1. The normalized spacial score (nSPS) is 15.7. The van der Waals surface area contributed by atoms with Crippen LogP contribution in [0.5, 0.6) is 5.75 Å². The standard InChI is InChI=1S/C23H20ClNO5/c1-29-20-10-9-16(12-19(20)24)21-17(22(26)27)13-25-14-18(21)23(28)30-11-5-8-15-6-3-2-4-7-15/h2-10,12-14,21,25H,11H2,1H3,(H,26,27)/b8-5+. The molecule has 2 aromatic rings. The first-order chi connectivity index (χ1) is 14.5. The first kappa shape index (κ1) is 21.2. The Morgan fingerprint density at radius 1 is 1.13 bits per heavy atom. The molecule has 0 spiro atoms. The van der Waals surface area contributed by atoms with Crippen LogP contribution in [0.25, 0.3) is 6.08 Å². The number of hydrogen-bond donors (Lipinski definition) is 2. The van der Waals surface area contributed by atoms with Crippen LogP contribution in [0.15, 0.2) is 78.2 Å². The highest BCUT2D eigenvalue weighted by Gasteiger charge is 2.33. The summed E-state index contributed by atoms with van der Waals surface area (Å²) < 4.78 is 10.5. The minimum atomic E-state index is -1.15. The number of carbonyl (C=O) groups excluding carboxylic acids is 1. The average molecular weight is 426 g/mol. The van der Waals surface area contributed by atoms with Crippen molar-refractivity contribution >= 4 is 29.6 Å². The third-order valence-electron chi connectivity index (χ3n) is 4.51. The molecular weight excluding hydrogens is 406 g/mol. The van der Waals surface area contributed by atoms with Gasteiger partial charge in [0.15, 0.2) is 0 Å². The van der Waals surface area contributed by atoms with E-state index in [-0.39, 0.29) is 17.8 Å². The van der Waals surface area contributed by atoms with Gasteiger partial charge in [-0.25, -0.2) is 9.59 Å². The van der Waals surface area contributed by atoms with E-state index in [9.17, 15) is 14.7 Å². The number of esters is 1. The lowest BCUT2D eigenvalue weighted by Crippen LogP contribution is -2.26. The van der Waals surface area contributed by atoms with Crippen molar-refractivity contribution in [2.45, 2.75) is 5.92 Å². The van der Waals surface area contributed by atoms with Crippen molar-refractivity contribution in [3.8, 4) is 5.75 Å². The maximum atomic E-state index is 12.7. The highest BCUT2D eigenvalue weighted by molar-refractivity contribution is 6.32. The molecule has 7 heteroatoms. The van der Waals surface area contributed by atoms with Crippen LogP contribution in [0.4, 0.5) is 0 Å². The lowest BCUT2D eigenvalue weighted by Gasteiger charge is -2.24. The van der Waals surface area contributed by atoms with Crippen molar-refractivity contribution in [1.29, 1.82) is 0 Å². The molecule has 0 bridgehead atoms. The summed E-state index contributed by atoms with van der Waals surface area (Å²) in [5.41, 5.74) is 1.70. The van der Waals surface area contributed by atoms with Gasteiger partial charge in [0.1, 0.15) is 12.4 Å². The Morgan fingerprint density at radius 3 is 2.53 bits per heavy atom. The van der Waals surface area contributed by atoms with Gasteiger partial charge in [0.25, 0.3) is 0 Å². The number of carboxylic acid groups (broad SMARTS) is 1. The quantitative estimate of drug-likeness (QED) is 0.648. The molecule has 0 saturated heterocycles. The van der Waals surface area contributed by atoms with Crippen molar-refractivity contribution in [3.63, 3.8) is 0 Å². The minimum Gasteiger partial charge on any atom is -0.495 e. The molecule has 2 aromatic carbocycles. The average Bonchev–Trinajstić information content (AvgIpc) is 2.76. The van der Waals surface area contributed by atoms with Crippen LogP contribution in [0.2, 0.25) is 5.02 Å². The van der Waals surface area contributed by atoms with Gasteiger partial charge in [0.2, 0.25) is 0 Å². The van der Waals surface area contributed by atoms with E-state index in [1.165, 1.54) is 19.5 Å². The number of benzene rings is 2. The maximum Gasteiger partial charge on any atom is 0.336 e. The van der Waals surface area contributed by atoms with Gasteiger partial charge < -0.3 is 19.9 Å². The van der Waals surface area contributed by atoms with E-state index in [2.05, 4.69) is 5.32 Å². The molecule has 0 amide bonds.